The summed E-state index contributed by atoms with van der Waals surface area (Å²) in [6, 6.07) is -0.826. The summed E-state index contributed by atoms with van der Waals surface area (Å²) in [4.78, 5) is 13.4. The summed E-state index contributed by atoms with van der Waals surface area (Å²) < 4.78 is 23.0. The smallest absolute Gasteiger partial charge is 0.220 e. The molecule has 0 aromatic rings. The van der Waals surface area contributed by atoms with Crippen LogP contribution in [0.2, 0.25) is 0 Å². The van der Waals surface area contributed by atoms with Gasteiger partial charge in [0.25, 0.3) is 0 Å². The van der Waals surface area contributed by atoms with Gasteiger partial charge >= 0.3 is 0 Å². The number of nitrogens with one attached hydrogen (secondary N) is 1. The molecule has 0 saturated carbocycles. The van der Waals surface area contributed by atoms with Crippen molar-refractivity contribution in [2.24, 2.45) is 0 Å². The standard InChI is InChI=1S/C88H173NO13/c1-3-5-7-9-11-13-15-17-19-21-23-25-27-29-31-32-33-34-35-36-37-38-39-40-41-42-43-44-46-48-50-52-54-56-58-60-62-64-66-68-70-72-80(93)89-76(75-99-87-85(98)83(96)86(79(74-91)101-87)102-88-84(97)82(95)81(94)78(73-90)100-88)77(92)71-69-67-65-63-61-59-57-55-53-51-49-47-45-30-28-26-24-22-20-18-16-14-12-10-8-6-4-2/h76-79,81-88,90-92,94-98H,3-75H2,1-2H3,(H,89,93). The number of ether oxygens (including phenoxy) is 4. The van der Waals surface area contributed by atoms with E-state index in [-0.39, 0.29) is 12.5 Å². The average Bonchev–Trinajstić information content (AvgIpc) is 0.790. The Kier molecular flexibility index (Phi) is 69.3. The van der Waals surface area contributed by atoms with Crippen molar-refractivity contribution in [3.8, 4) is 0 Å². The van der Waals surface area contributed by atoms with E-state index in [0.717, 1.165) is 51.4 Å². The van der Waals surface area contributed by atoms with Crippen molar-refractivity contribution in [1.82, 2.24) is 5.32 Å². The summed E-state index contributed by atoms with van der Waals surface area (Å²) in [7, 11) is 0. The van der Waals surface area contributed by atoms with Crippen LogP contribution in [-0.2, 0) is 23.7 Å². The molecular formula is C88H173NO13. The van der Waals surface area contributed by atoms with Crippen molar-refractivity contribution in [2.45, 2.75) is 537 Å². The summed E-state index contributed by atoms with van der Waals surface area (Å²) in [5.41, 5.74) is 0. The molecule has 0 aromatic carbocycles. The Morgan fingerprint density at radius 2 is 0.559 bits per heavy atom. The number of carbonyl (C=O) groups is 1. The SMILES string of the molecule is CCCCCCCCCCCCCCCCCCCCCCCCCCCCCCCCCCCCCCCCCCCC(=O)NC(COC1OC(CO)C(OC2OC(CO)C(O)C(O)C2O)C(O)C1O)C(O)CCCCCCCCCCCCCCCCCCCCCCCCCCCCC. The molecule has 0 aromatic heterocycles. The second-order valence-electron chi connectivity index (χ2n) is 32.5. The fourth-order valence-corrected chi connectivity index (χ4v) is 15.7. The maximum Gasteiger partial charge on any atom is 0.220 e. The first-order valence-corrected chi connectivity index (χ1v) is 45.3. The summed E-state index contributed by atoms with van der Waals surface area (Å²) in [5, 5.41) is 88.0. The van der Waals surface area contributed by atoms with E-state index in [2.05, 4.69) is 19.2 Å². The van der Waals surface area contributed by atoms with Crippen LogP contribution in [0.25, 0.3) is 0 Å². The molecule has 12 unspecified atom stereocenters. The van der Waals surface area contributed by atoms with Gasteiger partial charge in [0.2, 0.25) is 5.91 Å². The molecule has 0 bridgehead atoms. The molecule has 1 amide bonds. The quantitative estimate of drug-likeness (QED) is 0.0259. The van der Waals surface area contributed by atoms with Crippen LogP contribution in [0, 0.1) is 0 Å². The molecular weight excluding hydrogens is 1280 g/mol. The third-order valence-corrected chi connectivity index (χ3v) is 22.8. The summed E-state index contributed by atoms with van der Waals surface area (Å²) in [6.45, 7) is 2.96. The average molecular weight is 1450 g/mol. The first-order valence-electron chi connectivity index (χ1n) is 45.3. The van der Waals surface area contributed by atoms with Crippen LogP contribution >= 0.6 is 0 Å². The van der Waals surface area contributed by atoms with Crippen molar-refractivity contribution >= 4 is 5.91 Å². The monoisotopic (exact) mass is 1450 g/mol. The molecule has 14 heteroatoms. The minimum Gasteiger partial charge on any atom is -0.394 e. The Bertz CT molecular complexity index is 1710. The minimum absolute atomic E-state index is 0.194. The first kappa shape index (κ1) is 97.1. The normalized spacial score (nSPS) is 21.5. The molecule has 2 aliphatic rings. The van der Waals surface area contributed by atoms with Gasteiger partial charge in [-0.25, -0.2) is 0 Å². The van der Waals surface area contributed by atoms with Gasteiger partial charge in [-0.1, -0.05) is 444 Å². The van der Waals surface area contributed by atoms with Crippen molar-refractivity contribution in [3.05, 3.63) is 0 Å². The predicted molar refractivity (Wildman–Crippen MR) is 425 cm³/mol. The van der Waals surface area contributed by atoms with E-state index in [1.165, 1.54) is 385 Å². The highest BCUT2D eigenvalue weighted by atomic mass is 16.7. The van der Waals surface area contributed by atoms with E-state index >= 15 is 0 Å². The van der Waals surface area contributed by atoms with Crippen LogP contribution in [0.3, 0.4) is 0 Å². The maximum absolute atomic E-state index is 13.4. The molecule has 2 fully saturated rings. The van der Waals surface area contributed by atoms with E-state index in [9.17, 15) is 45.6 Å². The maximum atomic E-state index is 13.4. The van der Waals surface area contributed by atoms with Crippen molar-refractivity contribution < 1.29 is 64.6 Å². The van der Waals surface area contributed by atoms with Gasteiger partial charge in [0.05, 0.1) is 32.0 Å². The van der Waals surface area contributed by atoms with Crippen molar-refractivity contribution in [2.75, 3.05) is 19.8 Å². The molecule has 0 radical (unpaired) electrons. The lowest BCUT2D eigenvalue weighted by molar-refractivity contribution is -0.359. The van der Waals surface area contributed by atoms with E-state index in [4.69, 9.17) is 18.9 Å². The summed E-state index contributed by atoms with van der Waals surface area (Å²) >= 11 is 0. The Hall–Kier alpha value is -1.01. The molecule has 608 valence electrons. The Morgan fingerprint density at radius 1 is 0.314 bits per heavy atom. The topological polar surface area (TPSA) is 228 Å². The number of aliphatic hydroxyl groups is 8. The van der Waals surface area contributed by atoms with Crippen LogP contribution in [0.4, 0.5) is 0 Å². The fourth-order valence-electron chi connectivity index (χ4n) is 15.7. The molecule has 0 spiro atoms. The molecule has 102 heavy (non-hydrogen) atoms. The second-order valence-corrected chi connectivity index (χ2v) is 32.5. The van der Waals surface area contributed by atoms with Gasteiger partial charge in [0.15, 0.2) is 12.6 Å². The Morgan fingerprint density at radius 3 is 0.833 bits per heavy atom. The van der Waals surface area contributed by atoms with Crippen LogP contribution in [0.15, 0.2) is 0 Å². The van der Waals surface area contributed by atoms with Gasteiger partial charge in [-0.3, -0.25) is 4.79 Å². The molecule has 2 heterocycles. The van der Waals surface area contributed by atoms with E-state index in [0.29, 0.717) is 12.8 Å². The van der Waals surface area contributed by atoms with E-state index < -0.39 is 86.8 Å². The number of unbranched alkanes of at least 4 members (excludes halogenated alkanes) is 66. The summed E-state index contributed by atoms with van der Waals surface area (Å²) in [6.07, 6.45) is 76.2. The molecule has 0 aliphatic carbocycles. The molecule has 2 rings (SSSR count). The molecule has 14 nitrogen and oxygen atoms in total. The Labute approximate surface area is 629 Å². The van der Waals surface area contributed by atoms with Gasteiger partial charge < -0.3 is 65.1 Å². The highest BCUT2D eigenvalue weighted by Gasteiger charge is 2.51. The van der Waals surface area contributed by atoms with E-state index in [1.54, 1.807) is 0 Å². The number of amides is 1. The number of rotatable bonds is 79. The lowest BCUT2D eigenvalue weighted by atomic mass is 9.97. The minimum atomic E-state index is -1.78. The highest BCUT2D eigenvalue weighted by molar-refractivity contribution is 5.76. The first-order chi connectivity index (χ1) is 50.1. The number of hydrogen-bond acceptors (Lipinski definition) is 13. The van der Waals surface area contributed by atoms with Crippen LogP contribution in [-0.4, -0.2) is 140 Å². The van der Waals surface area contributed by atoms with E-state index in [1.807, 2.05) is 0 Å². The van der Waals surface area contributed by atoms with Crippen molar-refractivity contribution in [1.29, 1.82) is 0 Å². The van der Waals surface area contributed by atoms with Gasteiger partial charge in [-0.05, 0) is 12.8 Å². The zero-order valence-corrected chi connectivity index (χ0v) is 67.2. The lowest BCUT2D eigenvalue weighted by Crippen LogP contribution is -2.65. The largest absolute Gasteiger partial charge is 0.394 e. The number of hydrogen-bond donors (Lipinski definition) is 9. The van der Waals surface area contributed by atoms with Gasteiger partial charge in [-0.15, -0.1) is 0 Å². The van der Waals surface area contributed by atoms with Gasteiger partial charge in [0.1, 0.15) is 48.8 Å². The Balaban J connectivity index is 1.53. The molecule has 2 aliphatic heterocycles. The zero-order chi connectivity index (χ0) is 73.7. The van der Waals surface area contributed by atoms with Gasteiger partial charge in [0, 0.05) is 6.42 Å². The summed E-state index contributed by atoms with van der Waals surface area (Å²) in [5.74, 6) is -0.194. The third kappa shape index (κ3) is 54.6. The number of carbonyl (C=O) groups excluding carboxylic acids is 1. The van der Waals surface area contributed by atoms with Crippen LogP contribution in [0.1, 0.15) is 463 Å². The predicted octanol–water partition coefficient (Wildman–Crippen LogP) is 21.8. The van der Waals surface area contributed by atoms with Gasteiger partial charge in [-0.2, -0.15) is 0 Å². The fraction of sp³-hybridized carbons (Fsp3) is 0.989. The molecule has 9 N–H and O–H groups in total. The lowest BCUT2D eigenvalue weighted by Gasteiger charge is -2.46. The highest BCUT2D eigenvalue weighted by Crippen LogP contribution is 2.31. The third-order valence-electron chi connectivity index (χ3n) is 22.8. The molecule has 2 saturated heterocycles. The van der Waals surface area contributed by atoms with Crippen LogP contribution in [0.5, 0.6) is 0 Å². The van der Waals surface area contributed by atoms with Crippen LogP contribution < -0.4 is 5.32 Å². The molecule has 12 atom stereocenters. The second kappa shape index (κ2) is 72.8. The van der Waals surface area contributed by atoms with Crippen molar-refractivity contribution in [3.63, 3.8) is 0 Å². The zero-order valence-electron chi connectivity index (χ0n) is 67.2. The number of aliphatic hydroxyl groups excluding tert-OH is 8.